The van der Waals surface area contributed by atoms with Crippen LogP contribution in [0.2, 0.25) is 0 Å². The third kappa shape index (κ3) is 2.70. The summed E-state index contributed by atoms with van der Waals surface area (Å²) in [5.74, 6) is 0.325. The van der Waals surface area contributed by atoms with Crippen LogP contribution in [0.1, 0.15) is 27.7 Å². The highest BCUT2D eigenvalue weighted by Gasteiger charge is 2.13. The van der Waals surface area contributed by atoms with Gasteiger partial charge in [-0.3, -0.25) is 0 Å². The summed E-state index contributed by atoms with van der Waals surface area (Å²) in [7, 11) is 0. The van der Waals surface area contributed by atoms with E-state index in [4.69, 9.17) is 11.5 Å². The third-order valence-electron chi connectivity index (χ3n) is 2.23. The molecule has 0 heterocycles. The summed E-state index contributed by atoms with van der Waals surface area (Å²) in [6.07, 6.45) is 3.94. The van der Waals surface area contributed by atoms with Gasteiger partial charge in [-0.05, 0) is 32.3 Å². The molecule has 0 aromatic heterocycles. The van der Waals surface area contributed by atoms with Gasteiger partial charge in [-0.25, -0.2) is 0 Å². The van der Waals surface area contributed by atoms with Crippen molar-refractivity contribution >= 4 is 0 Å². The predicted molar refractivity (Wildman–Crippen MR) is 54.5 cm³/mol. The lowest BCUT2D eigenvalue weighted by Crippen LogP contribution is -2.27. The molecule has 0 rings (SSSR count). The van der Waals surface area contributed by atoms with Crippen LogP contribution >= 0.6 is 0 Å². The molecular formula is C10H20N2. The van der Waals surface area contributed by atoms with Gasteiger partial charge < -0.3 is 11.5 Å². The monoisotopic (exact) mass is 168 g/mol. The number of nitrogens with two attached hydrogens (primary N) is 2. The number of rotatable bonds is 3. The Balaban J connectivity index is 4.59. The van der Waals surface area contributed by atoms with Crippen molar-refractivity contribution in [1.29, 1.82) is 0 Å². The molecule has 0 radical (unpaired) electrons. The summed E-state index contributed by atoms with van der Waals surface area (Å²) < 4.78 is 0. The average molecular weight is 168 g/mol. The Hall–Kier alpha value is -0.760. The molecule has 12 heavy (non-hydrogen) atoms. The number of allylic oxidation sites excluding steroid dienone is 3. The average Bonchev–Trinajstić information content (AvgIpc) is 2.05. The Morgan fingerprint density at radius 1 is 1.17 bits per heavy atom. The molecule has 0 aromatic rings. The van der Waals surface area contributed by atoms with E-state index in [0.717, 1.165) is 11.3 Å². The van der Waals surface area contributed by atoms with E-state index in [2.05, 4.69) is 6.92 Å². The van der Waals surface area contributed by atoms with Gasteiger partial charge in [0.2, 0.25) is 0 Å². The molecule has 70 valence electrons. The molecule has 0 aliphatic rings. The third-order valence-corrected chi connectivity index (χ3v) is 2.23. The maximum absolute atomic E-state index is 5.80. The fraction of sp³-hybridized carbons (Fsp3) is 0.600. The fourth-order valence-electron chi connectivity index (χ4n) is 1.14. The van der Waals surface area contributed by atoms with Crippen LogP contribution in [0.4, 0.5) is 0 Å². The lowest BCUT2D eigenvalue weighted by molar-refractivity contribution is 0.556. The van der Waals surface area contributed by atoms with Gasteiger partial charge in [-0.1, -0.05) is 19.1 Å². The number of hydrogen-bond acceptors (Lipinski definition) is 2. The minimum atomic E-state index is 0.148. The van der Waals surface area contributed by atoms with Crippen molar-refractivity contribution in [3.05, 3.63) is 23.4 Å². The number of hydrogen-bond donors (Lipinski definition) is 2. The van der Waals surface area contributed by atoms with E-state index in [1.54, 1.807) is 0 Å². The molecule has 2 heteroatoms. The highest BCUT2D eigenvalue weighted by molar-refractivity contribution is 5.29. The smallest absolute Gasteiger partial charge is 0.0303 e. The predicted octanol–water partition coefficient (Wildman–Crippen LogP) is 1.78. The minimum Gasteiger partial charge on any atom is -0.399 e. The summed E-state index contributed by atoms with van der Waals surface area (Å²) in [6, 6.07) is 0.148. The Morgan fingerprint density at radius 2 is 1.67 bits per heavy atom. The first kappa shape index (κ1) is 11.2. The summed E-state index contributed by atoms with van der Waals surface area (Å²) in [6.45, 7) is 8.02. The molecular weight excluding hydrogens is 148 g/mol. The SMILES string of the molecule is C/C=C(N)/C(=C/C)C(C)[C@@H](C)N. The first-order valence-corrected chi connectivity index (χ1v) is 4.38. The fourth-order valence-corrected chi connectivity index (χ4v) is 1.14. The Labute approximate surface area is 75.3 Å². The second kappa shape index (κ2) is 4.99. The van der Waals surface area contributed by atoms with Gasteiger partial charge in [0, 0.05) is 11.7 Å². The van der Waals surface area contributed by atoms with Crippen molar-refractivity contribution in [2.75, 3.05) is 0 Å². The molecule has 0 saturated carbocycles. The first-order chi connectivity index (χ1) is 5.54. The molecule has 2 atom stereocenters. The maximum atomic E-state index is 5.80. The quantitative estimate of drug-likeness (QED) is 0.631. The summed E-state index contributed by atoms with van der Waals surface area (Å²) in [5, 5.41) is 0. The van der Waals surface area contributed by atoms with Crippen molar-refractivity contribution in [2.24, 2.45) is 17.4 Å². The van der Waals surface area contributed by atoms with E-state index in [-0.39, 0.29) is 6.04 Å². The van der Waals surface area contributed by atoms with Gasteiger partial charge in [-0.2, -0.15) is 0 Å². The van der Waals surface area contributed by atoms with Crippen molar-refractivity contribution in [1.82, 2.24) is 0 Å². The van der Waals surface area contributed by atoms with E-state index in [9.17, 15) is 0 Å². The van der Waals surface area contributed by atoms with Gasteiger partial charge in [0.15, 0.2) is 0 Å². The molecule has 0 amide bonds. The Bertz CT molecular complexity index is 190. The molecule has 2 nitrogen and oxygen atoms in total. The lowest BCUT2D eigenvalue weighted by atomic mass is 9.92. The lowest BCUT2D eigenvalue weighted by Gasteiger charge is -2.19. The van der Waals surface area contributed by atoms with E-state index in [1.807, 2.05) is 32.9 Å². The minimum absolute atomic E-state index is 0.148. The standard InChI is InChI=1S/C10H20N2/c1-5-9(10(12)6-2)7(3)8(4)11/h5-8H,11-12H2,1-4H3/b9-5+,10-6-/t7?,8-/m1/s1. The van der Waals surface area contributed by atoms with Gasteiger partial charge in [0.1, 0.15) is 0 Å². The van der Waals surface area contributed by atoms with Crippen LogP contribution in [0.25, 0.3) is 0 Å². The first-order valence-electron chi connectivity index (χ1n) is 4.38. The van der Waals surface area contributed by atoms with Crippen molar-refractivity contribution in [3.8, 4) is 0 Å². The molecule has 0 aromatic carbocycles. The zero-order valence-corrected chi connectivity index (χ0v) is 8.46. The van der Waals surface area contributed by atoms with E-state index in [0.29, 0.717) is 5.92 Å². The van der Waals surface area contributed by atoms with E-state index >= 15 is 0 Å². The van der Waals surface area contributed by atoms with Crippen molar-refractivity contribution in [3.63, 3.8) is 0 Å². The normalized spacial score (nSPS) is 19.1. The van der Waals surface area contributed by atoms with Crippen LogP contribution in [0.5, 0.6) is 0 Å². The highest BCUT2D eigenvalue weighted by atomic mass is 14.7. The van der Waals surface area contributed by atoms with Gasteiger partial charge >= 0.3 is 0 Å². The van der Waals surface area contributed by atoms with Crippen molar-refractivity contribution in [2.45, 2.75) is 33.7 Å². The Kier molecular flexibility index (Phi) is 4.67. The molecule has 0 aliphatic carbocycles. The molecule has 0 fully saturated rings. The molecule has 0 spiro atoms. The van der Waals surface area contributed by atoms with E-state index in [1.165, 1.54) is 0 Å². The second-order valence-electron chi connectivity index (χ2n) is 3.14. The van der Waals surface area contributed by atoms with E-state index < -0.39 is 0 Å². The molecule has 4 N–H and O–H groups in total. The largest absolute Gasteiger partial charge is 0.399 e. The van der Waals surface area contributed by atoms with Crippen LogP contribution in [-0.2, 0) is 0 Å². The summed E-state index contributed by atoms with van der Waals surface area (Å²) in [4.78, 5) is 0. The van der Waals surface area contributed by atoms with Crippen LogP contribution < -0.4 is 11.5 Å². The Morgan fingerprint density at radius 3 is 1.92 bits per heavy atom. The van der Waals surface area contributed by atoms with Crippen molar-refractivity contribution < 1.29 is 0 Å². The summed E-state index contributed by atoms with van der Waals surface area (Å²) >= 11 is 0. The van der Waals surface area contributed by atoms with Gasteiger partial charge in [-0.15, -0.1) is 0 Å². The van der Waals surface area contributed by atoms with Crippen LogP contribution in [0.3, 0.4) is 0 Å². The zero-order chi connectivity index (χ0) is 9.72. The van der Waals surface area contributed by atoms with Crippen LogP contribution in [0, 0.1) is 5.92 Å². The summed E-state index contributed by atoms with van der Waals surface area (Å²) in [5.41, 5.74) is 13.6. The highest BCUT2D eigenvalue weighted by Crippen LogP contribution is 2.18. The molecule has 0 bridgehead atoms. The van der Waals surface area contributed by atoms with Crippen LogP contribution in [0.15, 0.2) is 23.4 Å². The second-order valence-corrected chi connectivity index (χ2v) is 3.14. The maximum Gasteiger partial charge on any atom is 0.0303 e. The molecule has 0 saturated heterocycles. The van der Waals surface area contributed by atoms with Gasteiger partial charge in [0.05, 0.1) is 0 Å². The topological polar surface area (TPSA) is 52.0 Å². The molecule has 0 aliphatic heterocycles. The zero-order valence-electron chi connectivity index (χ0n) is 8.46. The van der Waals surface area contributed by atoms with Crippen LogP contribution in [-0.4, -0.2) is 6.04 Å². The molecule has 1 unspecified atom stereocenters. The van der Waals surface area contributed by atoms with Gasteiger partial charge in [0.25, 0.3) is 0 Å².